The molecule has 166 valence electrons. The fourth-order valence-corrected chi connectivity index (χ4v) is 5.28. The number of carbonyl (C=O) groups is 2. The molecule has 1 fully saturated rings. The highest BCUT2D eigenvalue weighted by Gasteiger charge is 2.50. The van der Waals surface area contributed by atoms with E-state index in [2.05, 4.69) is 14.9 Å². The average molecular weight is 431 g/mol. The molecule has 6 heteroatoms. The molecule has 6 nitrogen and oxygen atoms in total. The van der Waals surface area contributed by atoms with Gasteiger partial charge in [-0.3, -0.25) is 14.6 Å². The lowest BCUT2D eigenvalue weighted by molar-refractivity contribution is -0.131. The van der Waals surface area contributed by atoms with Crippen LogP contribution in [0.4, 0.5) is 0 Å². The van der Waals surface area contributed by atoms with Crippen LogP contribution in [0.15, 0.2) is 56.6 Å². The monoisotopic (exact) mass is 430 g/mol. The Bertz CT molecular complexity index is 1060. The summed E-state index contributed by atoms with van der Waals surface area (Å²) in [4.78, 5) is 43.4. The molecule has 1 saturated heterocycles. The van der Waals surface area contributed by atoms with Gasteiger partial charge in [0.2, 0.25) is 0 Å². The number of aliphatic imine (C=N–C) groups is 3. The van der Waals surface area contributed by atoms with Gasteiger partial charge in [0.05, 0.1) is 5.92 Å². The number of hydrogen-bond donors (Lipinski definition) is 0. The summed E-state index contributed by atoms with van der Waals surface area (Å²) in [7, 11) is 0. The number of amidine groups is 1. The number of rotatable bonds is 5. The number of fused-ring (bicyclic) bond motifs is 2. The van der Waals surface area contributed by atoms with E-state index in [-0.39, 0.29) is 17.5 Å². The van der Waals surface area contributed by atoms with Crippen LogP contribution in [0.3, 0.4) is 0 Å². The lowest BCUT2D eigenvalue weighted by Crippen LogP contribution is -2.49. The average Bonchev–Trinajstić information content (AvgIpc) is 3.26. The molecule has 0 N–H and O–H groups in total. The summed E-state index contributed by atoms with van der Waals surface area (Å²) < 4.78 is 0. The topological polar surface area (TPSA) is 74.5 Å². The van der Waals surface area contributed by atoms with E-state index in [1.165, 1.54) is 19.3 Å². The van der Waals surface area contributed by atoms with Crippen LogP contribution in [0.5, 0.6) is 0 Å². The summed E-state index contributed by atoms with van der Waals surface area (Å²) in [6.45, 7) is 6.92. The van der Waals surface area contributed by atoms with Crippen LogP contribution in [0, 0.1) is 11.8 Å². The number of piperidine rings is 1. The molecule has 0 bridgehead atoms. The zero-order valence-corrected chi connectivity index (χ0v) is 18.9. The Labute approximate surface area is 189 Å². The first-order valence-corrected chi connectivity index (χ1v) is 11.8. The van der Waals surface area contributed by atoms with Gasteiger partial charge in [0.1, 0.15) is 16.9 Å². The van der Waals surface area contributed by atoms with Crippen molar-refractivity contribution in [3.63, 3.8) is 0 Å². The summed E-state index contributed by atoms with van der Waals surface area (Å²) in [6, 6.07) is 9.68. The highest BCUT2D eigenvalue weighted by molar-refractivity contribution is 6.52. The van der Waals surface area contributed by atoms with Crippen molar-refractivity contribution in [1.29, 1.82) is 0 Å². The third-order valence-corrected chi connectivity index (χ3v) is 7.12. The summed E-state index contributed by atoms with van der Waals surface area (Å²) in [5.41, 5.74) is 1.75. The maximum atomic E-state index is 13.6. The summed E-state index contributed by atoms with van der Waals surface area (Å²) in [5.74, 6) is -0.358. The van der Waals surface area contributed by atoms with E-state index >= 15 is 0 Å². The number of likely N-dealkylation sites (tertiary alicyclic amines) is 1. The molecule has 0 radical (unpaired) electrons. The van der Waals surface area contributed by atoms with Crippen molar-refractivity contribution in [2.24, 2.45) is 26.8 Å². The predicted octanol–water partition coefficient (Wildman–Crippen LogP) is 3.66. The van der Waals surface area contributed by atoms with Crippen LogP contribution < -0.4 is 0 Å². The Morgan fingerprint density at radius 3 is 2.53 bits per heavy atom. The summed E-state index contributed by atoms with van der Waals surface area (Å²) in [5, 5.41) is 0. The largest absolute Gasteiger partial charge is 0.303 e. The van der Waals surface area contributed by atoms with Crippen molar-refractivity contribution in [2.45, 2.75) is 51.5 Å². The number of carbonyl (C=O) groups excluding carboxylic acids is 2. The van der Waals surface area contributed by atoms with Crippen molar-refractivity contribution in [1.82, 2.24) is 4.90 Å². The van der Waals surface area contributed by atoms with E-state index in [0.29, 0.717) is 23.7 Å². The molecule has 2 unspecified atom stereocenters. The third-order valence-electron chi connectivity index (χ3n) is 7.12. The highest BCUT2D eigenvalue weighted by Crippen LogP contribution is 2.41. The summed E-state index contributed by atoms with van der Waals surface area (Å²) in [6.07, 6.45) is 7.18. The first-order valence-electron chi connectivity index (χ1n) is 11.8. The van der Waals surface area contributed by atoms with Crippen molar-refractivity contribution in [2.75, 3.05) is 19.6 Å². The number of hydrogen-bond acceptors (Lipinski definition) is 6. The number of benzene rings is 1. The number of Topliss-reactive ketones (excluding diaryl/α,β-unsaturated/α-hetero) is 2. The van der Waals surface area contributed by atoms with Gasteiger partial charge in [-0.25, -0.2) is 9.98 Å². The Morgan fingerprint density at radius 2 is 1.78 bits per heavy atom. The minimum atomic E-state index is -0.820. The number of allylic oxidation sites excluding steroid dienone is 2. The Hall–Kier alpha value is -2.73. The van der Waals surface area contributed by atoms with Gasteiger partial charge in [-0.2, -0.15) is 0 Å². The second-order valence-electron chi connectivity index (χ2n) is 9.74. The molecule has 32 heavy (non-hydrogen) atoms. The third kappa shape index (κ3) is 3.71. The van der Waals surface area contributed by atoms with Gasteiger partial charge in [-0.1, -0.05) is 36.8 Å². The maximum absolute atomic E-state index is 13.6. The van der Waals surface area contributed by atoms with E-state index in [9.17, 15) is 9.59 Å². The van der Waals surface area contributed by atoms with E-state index in [1.54, 1.807) is 6.21 Å². The SMILES string of the molecule is CC1(C)N=CC2=C3N=C(c4ccccc4)N=C3C(=O)C(CCCN3CCCCC3)C2C1=O. The van der Waals surface area contributed by atoms with E-state index < -0.39 is 11.5 Å². The quantitative estimate of drug-likeness (QED) is 0.716. The second kappa shape index (κ2) is 8.32. The lowest BCUT2D eigenvalue weighted by Gasteiger charge is -2.37. The standard InChI is InChI=1S/C26H30N4O2/c1-26(2)24(32)20-18(12-9-15-30-13-7-4-8-14-30)23(31)22-21(19(20)16-27-26)28-25(29-22)17-10-5-3-6-11-17/h3,5-6,10-11,16,18,20H,4,7-9,12-15H2,1-2H3. The predicted molar refractivity (Wildman–Crippen MR) is 127 cm³/mol. The molecule has 0 amide bonds. The fraction of sp³-hybridized carbons (Fsp3) is 0.500. The van der Waals surface area contributed by atoms with E-state index in [1.807, 2.05) is 44.2 Å². The molecular weight excluding hydrogens is 400 g/mol. The molecule has 0 saturated carbocycles. The minimum Gasteiger partial charge on any atom is -0.303 e. The van der Waals surface area contributed by atoms with Crippen LogP contribution in [-0.4, -0.2) is 59.4 Å². The maximum Gasteiger partial charge on any atom is 0.187 e. The smallest absolute Gasteiger partial charge is 0.187 e. The first kappa shape index (κ1) is 21.1. The van der Waals surface area contributed by atoms with E-state index in [0.717, 1.165) is 37.2 Å². The molecular formula is C26H30N4O2. The number of nitrogens with zero attached hydrogens (tertiary/aromatic N) is 4. The molecule has 0 spiro atoms. The highest BCUT2D eigenvalue weighted by atomic mass is 16.1. The van der Waals surface area contributed by atoms with E-state index in [4.69, 9.17) is 4.99 Å². The van der Waals surface area contributed by atoms with Gasteiger partial charge in [0.15, 0.2) is 17.4 Å². The normalized spacial score (nSPS) is 27.2. The Morgan fingerprint density at radius 1 is 1.03 bits per heavy atom. The van der Waals surface area contributed by atoms with Gasteiger partial charge in [0.25, 0.3) is 0 Å². The molecule has 1 aromatic rings. The Kier molecular flexibility index (Phi) is 5.49. The van der Waals surface area contributed by atoms with Gasteiger partial charge in [0, 0.05) is 23.3 Å². The zero-order chi connectivity index (χ0) is 22.3. The van der Waals surface area contributed by atoms with Crippen LogP contribution in [0.2, 0.25) is 0 Å². The number of ketones is 2. The van der Waals surface area contributed by atoms with Crippen LogP contribution >= 0.6 is 0 Å². The molecule has 3 aliphatic heterocycles. The second-order valence-corrected chi connectivity index (χ2v) is 9.74. The molecule has 4 aliphatic rings. The molecule has 2 atom stereocenters. The van der Waals surface area contributed by atoms with Crippen LogP contribution in [0.1, 0.15) is 51.5 Å². The molecule has 1 aromatic carbocycles. The molecule has 0 aromatic heterocycles. The zero-order valence-electron chi connectivity index (χ0n) is 18.9. The van der Waals surface area contributed by atoms with Gasteiger partial charge in [-0.05, 0) is 59.2 Å². The first-order chi connectivity index (χ1) is 15.5. The van der Waals surface area contributed by atoms with Crippen molar-refractivity contribution < 1.29 is 9.59 Å². The molecule has 1 aliphatic carbocycles. The van der Waals surface area contributed by atoms with Crippen LogP contribution in [-0.2, 0) is 9.59 Å². The van der Waals surface area contributed by atoms with Gasteiger partial charge >= 0.3 is 0 Å². The van der Waals surface area contributed by atoms with Gasteiger partial charge in [-0.15, -0.1) is 0 Å². The van der Waals surface area contributed by atoms with Crippen molar-refractivity contribution >= 4 is 29.3 Å². The molecule has 3 heterocycles. The Balaban J connectivity index is 1.47. The fourth-order valence-electron chi connectivity index (χ4n) is 5.28. The minimum absolute atomic E-state index is 0.0150. The lowest BCUT2D eigenvalue weighted by atomic mass is 9.67. The summed E-state index contributed by atoms with van der Waals surface area (Å²) >= 11 is 0. The molecule has 5 rings (SSSR count). The van der Waals surface area contributed by atoms with Crippen molar-refractivity contribution in [3.05, 3.63) is 47.2 Å². The van der Waals surface area contributed by atoms with Crippen molar-refractivity contribution in [3.8, 4) is 0 Å². The van der Waals surface area contributed by atoms with Crippen LogP contribution in [0.25, 0.3) is 0 Å². The van der Waals surface area contributed by atoms with Gasteiger partial charge < -0.3 is 4.90 Å².